The van der Waals surface area contributed by atoms with Crippen molar-refractivity contribution >= 4 is 74.0 Å². The van der Waals surface area contributed by atoms with Crippen LogP contribution in [0.3, 0.4) is 0 Å². The van der Waals surface area contributed by atoms with Crippen molar-refractivity contribution in [3.63, 3.8) is 0 Å². The largest absolute Gasteiger partial charge is 0.494 e. The Balaban J connectivity index is 1.41. The lowest BCUT2D eigenvalue weighted by Gasteiger charge is -2.13. The Labute approximate surface area is 295 Å². The quantitative estimate of drug-likeness (QED) is 0.0870. The molecular formula is C32H38Cl4N6O4S. The minimum Gasteiger partial charge on any atom is -0.494 e. The molecule has 10 nitrogen and oxygen atoms in total. The molecule has 2 heterocycles. The average molecular weight is 745 g/mol. The second-order valence-electron chi connectivity index (χ2n) is 11.1. The zero-order valence-corrected chi connectivity index (χ0v) is 30.1. The van der Waals surface area contributed by atoms with Crippen LogP contribution in [0, 0.1) is 0 Å². The van der Waals surface area contributed by atoms with Gasteiger partial charge in [-0.25, -0.2) is 18.0 Å². The highest BCUT2D eigenvalue weighted by molar-refractivity contribution is 7.92. The van der Waals surface area contributed by atoms with Crippen molar-refractivity contribution in [1.29, 1.82) is 0 Å². The number of imidazole rings is 2. The van der Waals surface area contributed by atoms with Crippen LogP contribution in [0.25, 0.3) is 17.2 Å². The number of amides is 1. The predicted molar refractivity (Wildman–Crippen MR) is 190 cm³/mol. The number of hydrogen-bond acceptors (Lipinski definition) is 6. The molecule has 0 aliphatic heterocycles. The van der Waals surface area contributed by atoms with E-state index in [9.17, 15) is 13.2 Å². The molecule has 0 bridgehead atoms. The van der Waals surface area contributed by atoms with Crippen LogP contribution >= 0.6 is 46.4 Å². The summed E-state index contributed by atoms with van der Waals surface area (Å²) in [6.07, 6.45) is 12.4. The summed E-state index contributed by atoms with van der Waals surface area (Å²) >= 11 is 25.2. The maximum Gasteiger partial charge on any atom is 0.261 e. The molecule has 2 aromatic heterocycles. The summed E-state index contributed by atoms with van der Waals surface area (Å²) in [5.74, 6) is 0.259. The summed E-state index contributed by atoms with van der Waals surface area (Å²) in [6.45, 7) is 4.10. The SMILES string of the molecule is CCCCCCCCCCCCOc1ccc(S(=O)(=O)Nc2ccc(Cl)cc2-c2nc(-n3c(NC(C)=O)nc(Cl)c3Cl)[nH]c2Cl)cc1. The van der Waals surface area contributed by atoms with Gasteiger partial charge in [0.15, 0.2) is 10.3 Å². The van der Waals surface area contributed by atoms with Crippen molar-refractivity contribution in [3.05, 3.63) is 62.9 Å². The number of H-pyrrole nitrogens is 1. The van der Waals surface area contributed by atoms with Gasteiger partial charge in [-0.15, -0.1) is 0 Å². The van der Waals surface area contributed by atoms with E-state index in [1.165, 1.54) is 93.2 Å². The van der Waals surface area contributed by atoms with Crippen LogP contribution in [0.4, 0.5) is 11.6 Å². The first-order chi connectivity index (χ1) is 22.5. The van der Waals surface area contributed by atoms with E-state index in [4.69, 9.17) is 51.1 Å². The predicted octanol–water partition coefficient (Wildman–Crippen LogP) is 9.93. The van der Waals surface area contributed by atoms with Gasteiger partial charge in [0.1, 0.15) is 16.6 Å². The van der Waals surface area contributed by atoms with Crippen molar-refractivity contribution < 1.29 is 17.9 Å². The summed E-state index contributed by atoms with van der Waals surface area (Å²) in [7, 11) is -4.03. The van der Waals surface area contributed by atoms with Gasteiger partial charge in [0.2, 0.25) is 17.8 Å². The van der Waals surface area contributed by atoms with Gasteiger partial charge in [0.25, 0.3) is 10.0 Å². The Kier molecular flexibility index (Phi) is 13.7. The highest BCUT2D eigenvalue weighted by atomic mass is 35.5. The van der Waals surface area contributed by atoms with Crippen LogP contribution in [0.15, 0.2) is 47.4 Å². The number of unbranched alkanes of at least 4 members (excludes halogenated alkanes) is 9. The number of aromatic nitrogens is 4. The zero-order chi connectivity index (χ0) is 34.0. The van der Waals surface area contributed by atoms with E-state index in [1.54, 1.807) is 12.1 Å². The van der Waals surface area contributed by atoms with Gasteiger partial charge in [-0.1, -0.05) is 111 Å². The molecule has 47 heavy (non-hydrogen) atoms. The van der Waals surface area contributed by atoms with Gasteiger partial charge < -0.3 is 9.72 Å². The van der Waals surface area contributed by atoms with E-state index in [2.05, 4.69) is 31.9 Å². The number of rotatable bonds is 18. The molecule has 0 fully saturated rings. The molecule has 0 atom stereocenters. The van der Waals surface area contributed by atoms with Crippen LogP contribution in [-0.2, 0) is 14.8 Å². The summed E-state index contributed by atoms with van der Waals surface area (Å²) in [6, 6.07) is 10.8. The van der Waals surface area contributed by atoms with Crippen molar-refractivity contribution in [2.75, 3.05) is 16.6 Å². The topological polar surface area (TPSA) is 131 Å². The number of halogens is 4. The summed E-state index contributed by atoms with van der Waals surface area (Å²) in [5, 5.41) is 2.78. The number of hydrogen-bond donors (Lipinski definition) is 3. The average Bonchev–Trinajstić information content (AvgIpc) is 3.53. The third-order valence-corrected chi connectivity index (χ3v) is 9.91. The minimum absolute atomic E-state index is 0.00686. The number of ether oxygens (including phenoxy) is 1. The number of nitrogens with one attached hydrogen (secondary N) is 3. The fourth-order valence-corrected chi connectivity index (χ4v) is 6.78. The highest BCUT2D eigenvalue weighted by Crippen LogP contribution is 2.37. The number of aromatic amines is 1. The lowest BCUT2D eigenvalue weighted by molar-refractivity contribution is -0.114. The molecule has 4 aromatic rings. The van der Waals surface area contributed by atoms with Crippen LogP contribution in [-0.4, -0.2) is 40.5 Å². The van der Waals surface area contributed by atoms with Crippen molar-refractivity contribution in [2.24, 2.45) is 0 Å². The summed E-state index contributed by atoms with van der Waals surface area (Å²) < 4.78 is 36.5. The van der Waals surface area contributed by atoms with Crippen LogP contribution < -0.4 is 14.8 Å². The van der Waals surface area contributed by atoms with Crippen molar-refractivity contribution in [1.82, 2.24) is 19.5 Å². The molecule has 254 valence electrons. The minimum atomic E-state index is -4.03. The Morgan fingerprint density at radius 1 is 0.894 bits per heavy atom. The highest BCUT2D eigenvalue weighted by Gasteiger charge is 2.24. The van der Waals surface area contributed by atoms with Gasteiger partial charge in [0, 0.05) is 17.5 Å². The molecule has 3 N–H and O–H groups in total. The smallest absolute Gasteiger partial charge is 0.261 e. The molecule has 4 rings (SSSR count). The standard InChI is InChI=1S/C32H38Cl4N6O4S/c1-3-4-5-6-7-8-9-10-11-12-19-46-23-14-16-24(17-15-23)47(44,45)41-26-18-13-22(33)20-25(26)27-28(34)39-32(38-27)42-30(36)29(35)40-31(42)37-21(2)43/h13-18,20,41H,3-12,19H2,1-2H3,(H,38,39)(H,37,40,43). The monoisotopic (exact) mass is 742 g/mol. The molecule has 0 saturated carbocycles. The van der Waals surface area contributed by atoms with E-state index < -0.39 is 15.9 Å². The van der Waals surface area contributed by atoms with E-state index in [0.717, 1.165) is 12.8 Å². The lowest BCUT2D eigenvalue weighted by atomic mass is 10.1. The summed E-state index contributed by atoms with van der Waals surface area (Å²) in [5.41, 5.74) is 0.619. The van der Waals surface area contributed by atoms with Gasteiger partial charge in [-0.05, 0) is 48.9 Å². The molecule has 0 aliphatic carbocycles. The molecule has 2 aromatic carbocycles. The molecule has 15 heteroatoms. The first-order valence-electron chi connectivity index (χ1n) is 15.5. The van der Waals surface area contributed by atoms with E-state index >= 15 is 0 Å². The number of nitrogens with zero attached hydrogens (tertiary/aromatic N) is 3. The number of carbonyl (C=O) groups excluding carboxylic acids is 1. The first-order valence-corrected chi connectivity index (χ1v) is 18.5. The third-order valence-electron chi connectivity index (χ3n) is 7.31. The fourth-order valence-electron chi connectivity index (χ4n) is 4.93. The Morgan fingerprint density at radius 2 is 1.53 bits per heavy atom. The van der Waals surface area contributed by atoms with Crippen molar-refractivity contribution in [3.8, 4) is 23.0 Å². The van der Waals surface area contributed by atoms with E-state index in [-0.39, 0.29) is 49.2 Å². The molecule has 0 saturated heterocycles. The molecule has 0 aliphatic rings. The number of benzene rings is 2. The second kappa shape index (κ2) is 17.4. The van der Waals surface area contributed by atoms with Crippen LogP contribution in [0.5, 0.6) is 5.75 Å². The second-order valence-corrected chi connectivity index (χ2v) is 14.3. The van der Waals surface area contributed by atoms with Gasteiger partial charge in [0.05, 0.1) is 17.2 Å². The number of anilines is 2. The maximum absolute atomic E-state index is 13.4. The molecule has 0 radical (unpaired) electrons. The lowest BCUT2D eigenvalue weighted by Crippen LogP contribution is -2.14. The van der Waals surface area contributed by atoms with E-state index in [1.807, 2.05) is 0 Å². The van der Waals surface area contributed by atoms with E-state index in [0.29, 0.717) is 17.4 Å². The Hall–Kier alpha value is -2.96. The fraction of sp³-hybridized carbons (Fsp3) is 0.406. The third kappa shape index (κ3) is 10.3. The summed E-state index contributed by atoms with van der Waals surface area (Å²) in [4.78, 5) is 23.2. The Morgan fingerprint density at radius 3 is 2.17 bits per heavy atom. The van der Waals surface area contributed by atoms with Gasteiger partial charge in [-0.2, -0.15) is 4.98 Å². The molecule has 0 spiro atoms. The van der Waals surface area contributed by atoms with Gasteiger partial charge >= 0.3 is 0 Å². The number of carbonyl (C=O) groups is 1. The van der Waals surface area contributed by atoms with Gasteiger partial charge in [-0.3, -0.25) is 14.8 Å². The normalized spacial score (nSPS) is 11.5. The van der Waals surface area contributed by atoms with Crippen LogP contribution in [0.2, 0.25) is 20.5 Å². The molecule has 0 unspecified atom stereocenters. The maximum atomic E-state index is 13.4. The van der Waals surface area contributed by atoms with Crippen molar-refractivity contribution in [2.45, 2.75) is 83.0 Å². The number of sulfonamides is 1. The first kappa shape index (κ1) is 36.9. The molecular weight excluding hydrogens is 706 g/mol. The molecule has 1 amide bonds. The Bertz CT molecular complexity index is 1760. The zero-order valence-electron chi connectivity index (χ0n) is 26.2. The van der Waals surface area contributed by atoms with Crippen LogP contribution in [0.1, 0.15) is 78.1 Å².